The Morgan fingerprint density at radius 2 is 2.31 bits per heavy atom. The molecule has 86 valence electrons. The summed E-state index contributed by atoms with van der Waals surface area (Å²) in [5.74, 6) is 1.31. The second kappa shape index (κ2) is 6.33. The molecule has 0 spiro atoms. The third-order valence-corrected chi connectivity index (χ3v) is 2.76. The summed E-state index contributed by atoms with van der Waals surface area (Å²) in [6, 6.07) is 3.78. The number of aromatic nitrogens is 1. The Kier molecular flexibility index (Phi) is 5.05. The number of carbonyl (C=O) groups excluding carboxylic acids is 1. The van der Waals surface area contributed by atoms with Crippen LogP contribution in [0.2, 0.25) is 0 Å². The van der Waals surface area contributed by atoms with E-state index in [1.165, 1.54) is 11.8 Å². The summed E-state index contributed by atoms with van der Waals surface area (Å²) in [6.07, 6.45) is 3.93. The Balaban J connectivity index is 2.63. The molecule has 4 heteroatoms. The predicted octanol–water partition coefficient (Wildman–Crippen LogP) is 2.69. The van der Waals surface area contributed by atoms with Gasteiger partial charge in [0.25, 0.3) is 0 Å². The summed E-state index contributed by atoms with van der Waals surface area (Å²) in [5, 5.41) is 0.134. The first-order valence-electron chi connectivity index (χ1n) is 4.95. The van der Waals surface area contributed by atoms with Crippen LogP contribution >= 0.6 is 11.8 Å². The lowest BCUT2D eigenvalue weighted by Crippen LogP contribution is -1.91. The van der Waals surface area contributed by atoms with Crippen LogP contribution in [-0.2, 0) is 4.79 Å². The first-order valence-corrected chi connectivity index (χ1v) is 5.93. The van der Waals surface area contributed by atoms with Crippen molar-refractivity contribution in [1.82, 2.24) is 4.98 Å². The van der Waals surface area contributed by atoms with Gasteiger partial charge in [0.05, 0.1) is 7.11 Å². The van der Waals surface area contributed by atoms with Crippen LogP contribution in [0.15, 0.2) is 18.2 Å². The maximum absolute atomic E-state index is 10.7. The molecule has 0 aromatic carbocycles. The highest BCUT2D eigenvalue weighted by Crippen LogP contribution is 2.14. The summed E-state index contributed by atoms with van der Waals surface area (Å²) >= 11 is 1.29. The number of pyridine rings is 1. The van der Waals surface area contributed by atoms with Crippen molar-refractivity contribution < 1.29 is 9.53 Å². The molecule has 0 unspecified atom stereocenters. The van der Waals surface area contributed by atoms with Crippen LogP contribution in [0.25, 0.3) is 6.08 Å². The van der Waals surface area contributed by atoms with E-state index in [2.05, 4.69) is 4.98 Å². The maximum Gasteiger partial charge on any atom is 0.213 e. The number of ether oxygens (including phenoxy) is 1. The van der Waals surface area contributed by atoms with Crippen molar-refractivity contribution in [3.63, 3.8) is 0 Å². The van der Waals surface area contributed by atoms with E-state index in [1.807, 2.05) is 31.2 Å². The van der Waals surface area contributed by atoms with Crippen molar-refractivity contribution in [2.24, 2.45) is 0 Å². The normalized spacial score (nSPS) is 10.7. The minimum Gasteiger partial charge on any atom is -0.481 e. The fourth-order valence-corrected chi connectivity index (χ4v) is 1.61. The van der Waals surface area contributed by atoms with E-state index >= 15 is 0 Å². The van der Waals surface area contributed by atoms with Gasteiger partial charge in [-0.15, -0.1) is 0 Å². The molecule has 3 nitrogen and oxygen atoms in total. The lowest BCUT2D eigenvalue weighted by molar-refractivity contribution is -0.109. The fourth-order valence-electron chi connectivity index (χ4n) is 1.18. The second-order valence-corrected chi connectivity index (χ2v) is 4.43. The van der Waals surface area contributed by atoms with Crippen LogP contribution in [0.3, 0.4) is 0 Å². The highest BCUT2D eigenvalue weighted by atomic mass is 32.2. The average molecular weight is 237 g/mol. The van der Waals surface area contributed by atoms with Gasteiger partial charge in [-0.3, -0.25) is 4.79 Å². The maximum atomic E-state index is 10.7. The first kappa shape index (κ1) is 12.8. The summed E-state index contributed by atoms with van der Waals surface area (Å²) in [6.45, 7) is 3.50. The highest BCUT2D eigenvalue weighted by Gasteiger charge is 1.98. The highest BCUT2D eigenvalue weighted by molar-refractivity contribution is 8.13. The van der Waals surface area contributed by atoms with Crippen LogP contribution in [-0.4, -0.2) is 23.0 Å². The molecule has 0 saturated carbocycles. The lowest BCUT2D eigenvalue weighted by Gasteiger charge is -2.02. The van der Waals surface area contributed by atoms with E-state index in [4.69, 9.17) is 4.74 Å². The van der Waals surface area contributed by atoms with E-state index in [0.717, 1.165) is 11.3 Å². The van der Waals surface area contributed by atoms with Crippen molar-refractivity contribution in [1.29, 1.82) is 0 Å². The number of hydrogen-bond donors (Lipinski definition) is 0. The van der Waals surface area contributed by atoms with E-state index in [9.17, 15) is 4.79 Å². The van der Waals surface area contributed by atoms with Crippen LogP contribution < -0.4 is 4.74 Å². The first-order chi connectivity index (χ1) is 7.63. The van der Waals surface area contributed by atoms with Crippen molar-refractivity contribution >= 4 is 23.0 Å². The number of nitrogens with zero attached hydrogens (tertiary/aromatic N) is 1. The smallest absolute Gasteiger partial charge is 0.213 e. The summed E-state index contributed by atoms with van der Waals surface area (Å²) in [4.78, 5) is 15.0. The monoisotopic (exact) mass is 237 g/mol. The Morgan fingerprint density at radius 1 is 1.56 bits per heavy atom. The molecule has 0 aliphatic carbocycles. The Morgan fingerprint density at radius 3 is 2.88 bits per heavy atom. The zero-order valence-corrected chi connectivity index (χ0v) is 10.5. The van der Waals surface area contributed by atoms with Gasteiger partial charge in [0.15, 0.2) is 5.12 Å². The number of aryl methyl sites for hydroxylation is 1. The molecule has 0 aliphatic rings. The molecule has 1 aromatic rings. The van der Waals surface area contributed by atoms with Gasteiger partial charge < -0.3 is 4.74 Å². The lowest BCUT2D eigenvalue weighted by atomic mass is 10.2. The molecule has 0 fully saturated rings. The summed E-state index contributed by atoms with van der Waals surface area (Å²) < 4.78 is 5.02. The molecule has 0 bridgehead atoms. The van der Waals surface area contributed by atoms with Crippen LogP contribution in [0.5, 0.6) is 5.88 Å². The van der Waals surface area contributed by atoms with Crippen molar-refractivity contribution in [2.75, 3.05) is 12.9 Å². The molecule has 0 N–H and O–H groups in total. The zero-order chi connectivity index (χ0) is 12.0. The van der Waals surface area contributed by atoms with Gasteiger partial charge in [0.1, 0.15) is 0 Å². The van der Waals surface area contributed by atoms with Gasteiger partial charge in [-0.05, 0) is 18.6 Å². The molecule has 1 heterocycles. The average Bonchev–Trinajstić information content (AvgIpc) is 2.25. The SMILES string of the molecule is COc1ccc(C=CCSC(C)=O)c(C)n1. The number of carbonyl (C=O) groups is 1. The Labute approximate surface area is 99.9 Å². The second-order valence-electron chi connectivity index (χ2n) is 3.23. The topological polar surface area (TPSA) is 39.2 Å². The molecule has 0 radical (unpaired) electrons. The quantitative estimate of drug-likeness (QED) is 0.807. The minimum absolute atomic E-state index is 0.134. The van der Waals surface area contributed by atoms with Crippen LogP contribution in [0.4, 0.5) is 0 Å². The zero-order valence-electron chi connectivity index (χ0n) is 9.69. The largest absolute Gasteiger partial charge is 0.481 e. The summed E-state index contributed by atoms with van der Waals surface area (Å²) in [5.41, 5.74) is 1.97. The number of hydrogen-bond acceptors (Lipinski definition) is 4. The van der Waals surface area contributed by atoms with Gasteiger partial charge in [-0.1, -0.05) is 23.9 Å². The molecular weight excluding hydrogens is 222 g/mol. The molecule has 16 heavy (non-hydrogen) atoms. The molecule has 0 saturated heterocycles. The van der Waals surface area contributed by atoms with Crippen LogP contribution in [0.1, 0.15) is 18.2 Å². The molecule has 0 amide bonds. The number of rotatable bonds is 4. The molecule has 1 aromatic heterocycles. The Bertz CT molecular complexity index is 402. The molecule has 0 aliphatic heterocycles. The third-order valence-electron chi connectivity index (χ3n) is 1.99. The van der Waals surface area contributed by atoms with Gasteiger partial charge in [-0.25, -0.2) is 4.98 Å². The molecule has 0 atom stereocenters. The number of methoxy groups -OCH3 is 1. The van der Waals surface area contributed by atoms with Gasteiger partial charge in [-0.2, -0.15) is 0 Å². The van der Waals surface area contributed by atoms with E-state index in [0.29, 0.717) is 11.6 Å². The van der Waals surface area contributed by atoms with Crippen molar-refractivity contribution in [2.45, 2.75) is 13.8 Å². The fraction of sp³-hybridized carbons (Fsp3) is 0.333. The summed E-state index contributed by atoms with van der Waals surface area (Å²) in [7, 11) is 1.60. The van der Waals surface area contributed by atoms with Gasteiger partial charge in [0.2, 0.25) is 5.88 Å². The molecule has 1 rings (SSSR count). The Hall–Kier alpha value is -1.29. The van der Waals surface area contributed by atoms with E-state index in [-0.39, 0.29) is 5.12 Å². The predicted molar refractivity (Wildman–Crippen MR) is 67.7 cm³/mol. The van der Waals surface area contributed by atoms with Gasteiger partial charge in [0, 0.05) is 24.4 Å². The standard InChI is InChI=1S/C12H15NO2S/c1-9-11(5-4-8-16-10(2)14)6-7-12(13-9)15-3/h4-7H,8H2,1-3H3. The van der Waals surface area contributed by atoms with Crippen molar-refractivity contribution in [3.8, 4) is 5.88 Å². The number of thioether (sulfide) groups is 1. The van der Waals surface area contributed by atoms with E-state index < -0.39 is 0 Å². The van der Waals surface area contributed by atoms with Crippen LogP contribution in [0, 0.1) is 6.92 Å². The van der Waals surface area contributed by atoms with Crippen molar-refractivity contribution in [3.05, 3.63) is 29.5 Å². The van der Waals surface area contributed by atoms with E-state index in [1.54, 1.807) is 14.0 Å². The third kappa shape index (κ3) is 4.06. The molecular formula is C12H15NO2S. The minimum atomic E-state index is 0.134. The van der Waals surface area contributed by atoms with Gasteiger partial charge >= 0.3 is 0 Å².